The Morgan fingerprint density at radius 1 is 1.47 bits per heavy atom. The Balaban J connectivity index is 2.20. The lowest BCUT2D eigenvalue weighted by Gasteiger charge is -2.15. The molecule has 1 aliphatic rings. The van der Waals surface area contributed by atoms with Crippen molar-refractivity contribution in [3.8, 4) is 5.75 Å². The monoisotopic (exact) mass is 266 g/mol. The average Bonchev–Trinajstić information content (AvgIpc) is 2.80. The van der Waals surface area contributed by atoms with Crippen molar-refractivity contribution < 1.29 is 14.4 Å². The lowest BCUT2D eigenvalue weighted by atomic mass is 10.2. The summed E-state index contributed by atoms with van der Waals surface area (Å²) in [6.45, 7) is 5.12. The standard InChI is InChI=1S/C13H18N2O4/c1-9(2)19-13-6-11(5-12(7-13)15(16)17)14-10-3-4-18-8-10/h5-7,9-10,14H,3-4,8H2,1-2H3. The molecule has 1 saturated heterocycles. The van der Waals surface area contributed by atoms with Crippen LogP contribution in [0.1, 0.15) is 20.3 Å². The molecule has 0 aromatic heterocycles. The Kier molecular flexibility index (Phi) is 4.21. The molecule has 0 radical (unpaired) electrons. The third kappa shape index (κ3) is 3.82. The number of non-ortho nitro benzene ring substituents is 1. The smallest absolute Gasteiger partial charge is 0.275 e. The number of rotatable bonds is 5. The molecule has 104 valence electrons. The summed E-state index contributed by atoms with van der Waals surface area (Å²) in [5.74, 6) is 0.505. The number of hydrogen-bond acceptors (Lipinski definition) is 5. The molecule has 1 atom stereocenters. The maximum atomic E-state index is 10.9. The zero-order valence-corrected chi connectivity index (χ0v) is 11.1. The Hall–Kier alpha value is -1.82. The SMILES string of the molecule is CC(C)Oc1cc(NC2CCOC2)cc([N+](=O)[O-])c1. The van der Waals surface area contributed by atoms with Crippen molar-refractivity contribution in [1.29, 1.82) is 0 Å². The minimum atomic E-state index is -0.413. The summed E-state index contributed by atoms with van der Waals surface area (Å²) in [6.07, 6.45) is 0.882. The Morgan fingerprint density at radius 2 is 2.26 bits per heavy atom. The fourth-order valence-corrected chi connectivity index (χ4v) is 2.00. The molecule has 0 amide bonds. The Bertz CT molecular complexity index is 456. The van der Waals surface area contributed by atoms with Gasteiger partial charge < -0.3 is 14.8 Å². The minimum Gasteiger partial charge on any atom is -0.491 e. The second kappa shape index (κ2) is 5.88. The van der Waals surface area contributed by atoms with Gasteiger partial charge in [-0.25, -0.2) is 0 Å². The van der Waals surface area contributed by atoms with Crippen molar-refractivity contribution in [3.05, 3.63) is 28.3 Å². The van der Waals surface area contributed by atoms with Crippen LogP contribution in [0.15, 0.2) is 18.2 Å². The fraction of sp³-hybridized carbons (Fsp3) is 0.538. The molecule has 0 saturated carbocycles. The molecule has 1 fully saturated rings. The van der Waals surface area contributed by atoms with Crippen LogP contribution in [0, 0.1) is 10.1 Å². The summed E-state index contributed by atoms with van der Waals surface area (Å²) in [6, 6.07) is 4.95. The molecule has 1 unspecified atom stereocenters. The van der Waals surface area contributed by atoms with Crippen molar-refractivity contribution in [2.75, 3.05) is 18.5 Å². The van der Waals surface area contributed by atoms with Crippen LogP contribution in [0.3, 0.4) is 0 Å². The second-order valence-electron chi connectivity index (χ2n) is 4.84. The van der Waals surface area contributed by atoms with E-state index in [0.29, 0.717) is 18.0 Å². The summed E-state index contributed by atoms with van der Waals surface area (Å²) in [5.41, 5.74) is 0.722. The van der Waals surface area contributed by atoms with Crippen molar-refractivity contribution in [1.82, 2.24) is 0 Å². The molecule has 1 heterocycles. The highest BCUT2D eigenvalue weighted by Gasteiger charge is 2.17. The number of hydrogen-bond donors (Lipinski definition) is 1. The van der Waals surface area contributed by atoms with E-state index in [0.717, 1.165) is 13.0 Å². The molecule has 1 aromatic carbocycles. The molecule has 2 rings (SSSR count). The van der Waals surface area contributed by atoms with Crippen LogP contribution < -0.4 is 10.1 Å². The van der Waals surface area contributed by atoms with E-state index in [4.69, 9.17) is 9.47 Å². The van der Waals surface area contributed by atoms with Gasteiger partial charge in [-0.05, 0) is 20.3 Å². The first kappa shape index (κ1) is 13.6. The first-order valence-electron chi connectivity index (χ1n) is 6.35. The zero-order chi connectivity index (χ0) is 13.8. The molecule has 0 spiro atoms. The van der Waals surface area contributed by atoms with Gasteiger partial charge in [0.15, 0.2) is 0 Å². The maximum Gasteiger partial charge on any atom is 0.275 e. The fourth-order valence-electron chi connectivity index (χ4n) is 2.00. The minimum absolute atomic E-state index is 0.0235. The maximum absolute atomic E-state index is 10.9. The molecule has 0 aliphatic carbocycles. The predicted octanol–water partition coefficient (Wildman–Crippen LogP) is 2.58. The lowest BCUT2D eigenvalue weighted by Crippen LogP contribution is -2.19. The molecular formula is C13H18N2O4. The van der Waals surface area contributed by atoms with Crippen LogP contribution in [-0.4, -0.2) is 30.3 Å². The topological polar surface area (TPSA) is 73.6 Å². The molecule has 6 nitrogen and oxygen atoms in total. The zero-order valence-electron chi connectivity index (χ0n) is 11.1. The number of benzene rings is 1. The van der Waals surface area contributed by atoms with Gasteiger partial charge in [-0.3, -0.25) is 10.1 Å². The van der Waals surface area contributed by atoms with Gasteiger partial charge in [0.2, 0.25) is 0 Å². The van der Waals surface area contributed by atoms with E-state index in [1.165, 1.54) is 12.1 Å². The summed E-state index contributed by atoms with van der Waals surface area (Å²) in [7, 11) is 0. The van der Waals surface area contributed by atoms with Gasteiger partial charge in [-0.1, -0.05) is 0 Å². The van der Waals surface area contributed by atoms with Gasteiger partial charge in [-0.15, -0.1) is 0 Å². The summed E-state index contributed by atoms with van der Waals surface area (Å²) in [4.78, 5) is 10.5. The molecule has 19 heavy (non-hydrogen) atoms. The number of ether oxygens (including phenoxy) is 2. The van der Waals surface area contributed by atoms with E-state index in [1.54, 1.807) is 6.07 Å². The number of nitrogens with zero attached hydrogens (tertiary/aromatic N) is 1. The predicted molar refractivity (Wildman–Crippen MR) is 71.7 cm³/mol. The Morgan fingerprint density at radius 3 is 2.84 bits per heavy atom. The third-order valence-electron chi connectivity index (χ3n) is 2.77. The molecule has 6 heteroatoms. The van der Waals surface area contributed by atoms with Crippen LogP contribution in [0.2, 0.25) is 0 Å². The summed E-state index contributed by atoms with van der Waals surface area (Å²) in [5, 5.41) is 14.2. The van der Waals surface area contributed by atoms with Crippen molar-refractivity contribution in [2.24, 2.45) is 0 Å². The van der Waals surface area contributed by atoms with Gasteiger partial charge in [-0.2, -0.15) is 0 Å². The number of anilines is 1. The van der Waals surface area contributed by atoms with E-state index < -0.39 is 4.92 Å². The van der Waals surface area contributed by atoms with Crippen LogP contribution in [0.4, 0.5) is 11.4 Å². The number of nitro benzene ring substituents is 1. The van der Waals surface area contributed by atoms with Crippen LogP contribution >= 0.6 is 0 Å². The number of nitro groups is 1. The summed E-state index contributed by atoms with van der Waals surface area (Å²) >= 11 is 0. The van der Waals surface area contributed by atoms with Gasteiger partial charge in [0, 0.05) is 24.4 Å². The highest BCUT2D eigenvalue weighted by Crippen LogP contribution is 2.27. The molecule has 1 aliphatic heterocycles. The molecule has 1 aromatic rings. The van der Waals surface area contributed by atoms with E-state index in [2.05, 4.69) is 5.32 Å². The first-order chi connectivity index (χ1) is 9.04. The third-order valence-corrected chi connectivity index (χ3v) is 2.77. The number of nitrogens with one attached hydrogen (secondary N) is 1. The Labute approximate surface area is 111 Å². The van der Waals surface area contributed by atoms with Gasteiger partial charge in [0.05, 0.1) is 29.7 Å². The molecule has 0 bridgehead atoms. The lowest BCUT2D eigenvalue weighted by molar-refractivity contribution is -0.384. The van der Waals surface area contributed by atoms with Crippen LogP contribution in [0.25, 0.3) is 0 Å². The first-order valence-corrected chi connectivity index (χ1v) is 6.35. The average molecular weight is 266 g/mol. The second-order valence-corrected chi connectivity index (χ2v) is 4.84. The quantitative estimate of drug-likeness (QED) is 0.655. The van der Waals surface area contributed by atoms with E-state index in [1.807, 2.05) is 13.8 Å². The highest BCUT2D eigenvalue weighted by atomic mass is 16.6. The summed E-state index contributed by atoms with van der Waals surface area (Å²) < 4.78 is 10.8. The van der Waals surface area contributed by atoms with Crippen molar-refractivity contribution in [3.63, 3.8) is 0 Å². The molecular weight excluding hydrogens is 248 g/mol. The van der Waals surface area contributed by atoms with Gasteiger partial charge in [0.25, 0.3) is 5.69 Å². The van der Waals surface area contributed by atoms with Crippen LogP contribution in [0.5, 0.6) is 5.75 Å². The van der Waals surface area contributed by atoms with Crippen molar-refractivity contribution >= 4 is 11.4 Å². The van der Waals surface area contributed by atoms with Gasteiger partial charge >= 0.3 is 0 Å². The van der Waals surface area contributed by atoms with Crippen molar-refractivity contribution in [2.45, 2.75) is 32.4 Å². The van der Waals surface area contributed by atoms with E-state index in [9.17, 15) is 10.1 Å². The van der Waals surface area contributed by atoms with E-state index in [-0.39, 0.29) is 17.8 Å². The molecule has 1 N–H and O–H groups in total. The van der Waals surface area contributed by atoms with Crippen LogP contribution in [-0.2, 0) is 4.74 Å². The normalized spacial score (nSPS) is 18.6. The van der Waals surface area contributed by atoms with E-state index >= 15 is 0 Å². The van der Waals surface area contributed by atoms with Gasteiger partial charge in [0.1, 0.15) is 5.75 Å². The highest BCUT2D eigenvalue weighted by molar-refractivity contribution is 5.57. The largest absolute Gasteiger partial charge is 0.491 e.